The summed E-state index contributed by atoms with van der Waals surface area (Å²) >= 11 is 0. The maximum absolute atomic E-state index is 9.35. The van der Waals surface area contributed by atoms with Crippen LogP contribution in [0.5, 0.6) is 0 Å². The van der Waals surface area contributed by atoms with Gasteiger partial charge in [0.2, 0.25) is 0 Å². The highest BCUT2D eigenvalue weighted by atomic mass is 15.4. The SMILES string of the molecule is N=C1N(CCCC[C@H]2CN=C(N)N2CCC23CC4CC(CC(C4)C2)C3)C[C@@H](Cc2cccc3ccccc23)N1CCCCC1CCCCC1. The first kappa shape index (κ1) is 33.4. The van der Waals surface area contributed by atoms with Crippen LogP contribution in [0, 0.1) is 34.5 Å². The molecule has 1 saturated heterocycles. The third-order valence-electron chi connectivity index (χ3n) is 14.2. The second-order valence-corrected chi connectivity index (χ2v) is 17.7. The van der Waals surface area contributed by atoms with Crippen LogP contribution in [-0.4, -0.2) is 71.4 Å². The number of nitrogens with one attached hydrogen (secondary N) is 1. The molecule has 7 aliphatic rings. The monoisotopic (exact) mass is 665 g/mol. The molecule has 2 aliphatic heterocycles. The molecule has 2 atom stereocenters. The van der Waals surface area contributed by atoms with Crippen LogP contribution in [0.25, 0.3) is 10.8 Å². The number of unbranched alkanes of at least 4 members (excludes halogenated alkanes) is 2. The first-order valence-electron chi connectivity index (χ1n) is 20.7. The molecule has 2 heterocycles. The smallest absolute Gasteiger partial charge is 0.194 e. The van der Waals surface area contributed by atoms with Crippen molar-refractivity contribution in [1.82, 2.24) is 14.7 Å². The van der Waals surface area contributed by atoms with Gasteiger partial charge >= 0.3 is 0 Å². The zero-order valence-corrected chi connectivity index (χ0v) is 30.3. The van der Waals surface area contributed by atoms with E-state index >= 15 is 0 Å². The van der Waals surface area contributed by atoms with E-state index in [-0.39, 0.29) is 0 Å². The van der Waals surface area contributed by atoms with Crippen LogP contribution in [0.15, 0.2) is 47.5 Å². The van der Waals surface area contributed by atoms with E-state index in [1.165, 1.54) is 119 Å². The lowest BCUT2D eigenvalue weighted by atomic mass is 9.49. The molecule has 0 amide bonds. The van der Waals surface area contributed by atoms with Crippen LogP contribution in [0.2, 0.25) is 0 Å². The largest absolute Gasteiger partial charge is 0.370 e. The molecule has 6 heteroatoms. The Morgan fingerprint density at radius 1 is 0.755 bits per heavy atom. The van der Waals surface area contributed by atoms with Crippen LogP contribution in [-0.2, 0) is 6.42 Å². The first-order valence-corrected chi connectivity index (χ1v) is 20.7. The van der Waals surface area contributed by atoms with Crippen molar-refractivity contribution in [3.63, 3.8) is 0 Å². The standard InChI is InChI=1S/C43H64N6/c44-41-46-30-38(48(41)22-19-43-27-33-23-34(28-43)25-35(24-33)29-43)17-7-8-20-47-31-39(26-37-16-10-15-36-14-4-5-18-40(36)37)49(42(47)45)21-9-6-13-32-11-2-1-3-12-32/h4-5,10,14-16,18,32-35,38-39,45H,1-3,6-9,11-13,17,19-31H2,(H2,44,46)/t33?,34?,35?,38-,39+,43?/m0/s1. The van der Waals surface area contributed by atoms with E-state index in [0.717, 1.165) is 87.6 Å². The van der Waals surface area contributed by atoms with Gasteiger partial charge in [-0.05, 0) is 122 Å². The fourth-order valence-electron chi connectivity index (χ4n) is 12.1. The number of hydrogen-bond donors (Lipinski definition) is 2. The highest BCUT2D eigenvalue weighted by Crippen LogP contribution is 2.61. The average molecular weight is 665 g/mol. The molecule has 5 saturated carbocycles. The van der Waals surface area contributed by atoms with Crippen molar-refractivity contribution in [2.45, 2.75) is 134 Å². The topological polar surface area (TPSA) is 71.9 Å². The molecular formula is C43H64N6. The lowest BCUT2D eigenvalue weighted by Gasteiger charge is -2.57. The van der Waals surface area contributed by atoms with Crippen molar-refractivity contribution >= 4 is 22.7 Å². The Bertz CT molecular complexity index is 1420. The number of hydrogen-bond acceptors (Lipinski definition) is 4. The van der Waals surface area contributed by atoms with E-state index in [4.69, 9.17) is 10.7 Å². The second kappa shape index (κ2) is 14.8. The number of nitrogens with two attached hydrogens (primary N) is 1. The first-order chi connectivity index (χ1) is 24.0. The van der Waals surface area contributed by atoms with Gasteiger partial charge in [-0.2, -0.15) is 0 Å². The minimum atomic E-state index is 0.371. The van der Waals surface area contributed by atoms with Crippen molar-refractivity contribution in [3.05, 3.63) is 48.0 Å². The summed E-state index contributed by atoms with van der Waals surface area (Å²) in [6.07, 6.45) is 25.9. The molecule has 0 aromatic heterocycles. The number of nitrogens with zero attached hydrogens (tertiary/aromatic N) is 4. The Balaban J connectivity index is 0.844. The Morgan fingerprint density at radius 2 is 1.47 bits per heavy atom. The van der Waals surface area contributed by atoms with Crippen LogP contribution < -0.4 is 5.73 Å². The number of benzene rings is 2. The highest BCUT2D eigenvalue weighted by Gasteiger charge is 2.50. The molecule has 9 rings (SSSR count). The van der Waals surface area contributed by atoms with E-state index in [9.17, 15) is 5.41 Å². The summed E-state index contributed by atoms with van der Waals surface area (Å²) in [4.78, 5) is 12.1. The van der Waals surface area contributed by atoms with Crippen LogP contribution in [0.4, 0.5) is 0 Å². The van der Waals surface area contributed by atoms with Crippen molar-refractivity contribution in [2.75, 3.05) is 32.7 Å². The van der Waals surface area contributed by atoms with Gasteiger partial charge < -0.3 is 20.4 Å². The van der Waals surface area contributed by atoms with E-state index in [2.05, 4.69) is 57.2 Å². The van der Waals surface area contributed by atoms with Crippen molar-refractivity contribution < 1.29 is 0 Å². The normalized spacial score (nSPS) is 31.4. The van der Waals surface area contributed by atoms with Gasteiger partial charge in [-0.1, -0.05) is 87.4 Å². The summed E-state index contributed by atoms with van der Waals surface area (Å²) in [7, 11) is 0. The van der Waals surface area contributed by atoms with Crippen LogP contribution >= 0.6 is 0 Å². The Kier molecular flexibility index (Phi) is 10.1. The lowest BCUT2D eigenvalue weighted by Crippen LogP contribution is -2.49. The molecule has 0 unspecified atom stereocenters. The summed E-state index contributed by atoms with van der Waals surface area (Å²) in [5.41, 5.74) is 8.55. The molecule has 2 aromatic rings. The molecule has 2 aromatic carbocycles. The second-order valence-electron chi connectivity index (χ2n) is 17.7. The molecule has 5 aliphatic carbocycles. The fraction of sp³-hybridized carbons (Fsp3) is 0.721. The lowest BCUT2D eigenvalue weighted by molar-refractivity contribution is -0.0597. The minimum Gasteiger partial charge on any atom is -0.370 e. The minimum absolute atomic E-state index is 0.371. The van der Waals surface area contributed by atoms with Gasteiger partial charge in [-0.25, -0.2) is 0 Å². The molecule has 0 radical (unpaired) electrons. The molecule has 3 N–H and O–H groups in total. The molecular weight excluding hydrogens is 601 g/mol. The summed E-state index contributed by atoms with van der Waals surface area (Å²) < 4.78 is 0. The molecule has 49 heavy (non-hydrogen) atoms. The summed E-state index contributed by atoms with van der Waals surface area (Å²) in [6, 6.07) is 16.4. The molecule has 0 spiro atoms. The Hall–Kier alpha value is -2.76. The zero-order valence-electron chi connectivity index (χ0n) is 30.3. The van der Waals surface area contributed by atoms with Gasteiger partial charge in [0.25, 0.3) is 0 Å². The van der Waals surface area contributed by atoms with E-state index in [0.29, 0.717) is 17.5 Å². The van der Waals surface area contributed by atoms with E-state index in [1.54, 1.807) is 0 Å². The van der Waals surface area contributed by atoms with Gasteiger partial charge in [-0.3, -0.25) is 10.4 Å². The number of guanidine groups is 2. The quantitative estimate of drug-likeness (QED) is 0.187. The summed E-state index contributed by atoms with van der Waals surface area (Å²) in [6.45, 7) is 4.96. The van der Waals surface area contributed by atoms with Crippen molar-refractivity contribution in [3.8, 4) is 0 Å². The third kappa shape index (κ3) is 7.49. The zero-order chi connectivity index (χ0) is 33.2. The van der Waals surface area contributed by atoms with Gasteiger partial charge in [0.05, 0.1) is 18.6 Å². The summed E-state index contributed by atoms with van der Waals surface area (Å²) in [5.74, 6) is 5.56. The van der Waals surface area contributed by atoms with Crippen molar-refractivity contribution in [2.24, 2.45) is 39.8 Å². The van der Waals surface area contributed by atoms with E-state index in [1.807, 2.05) is 0 Å². The van der Waals surface area contributed by atoms with Gasteiger partial charge in [-0.15, -0.1) is 0 Å². The maximum atomic E-state index is 9.35. The maximum Gasteiger partial charge on any atom is 0.194 e. The van der Waals surface area contributed by atoms with E-state index < -0.39 is 0 Å². The van der Waals surface area contributed by atoms with Crippen molar-refractivity contribution in [1.29, 1.82) is 5.41 Å². The summed E-state index contributed by atoms with van der Waals surface area (Å²) in [5, 5.41) is 12.0. The van der Waals surface area contributed by atoms with Crippen LogP contribution in [0.1, 0.15) is 121 Å². The molecule has 6 nitrogen and oxygen atoms in total. The molecule has 4 bridgehead atoms. The van der Waals surface area contributed by atoms with Crippen LogP contribution in [0.3, 0.4) is 0 Å². The van der Waals surface area contributed by atoms with Gasteiger partial charge in [0.1, 0.15) is 0 Å². The fourth-order valence-corrected chi connectivity index (χ4v) is 12.1. The highest BCUT2D eigenvalue weighted by molar-refractivity contribution is 5.86. The molecule has 266 valence electrons. The predicted molar refractivity (Wildman–Crippen MR) is 204 cm³/mol. The number of rotatable bonds is 15. The van der Waals surface area contributed by atoms with Gasteiger partial charge in [0, 0.05) is 26.2 Å². The van der Waals surface area contributed by atoms with Gasteiger partial charge in [0.15, 0.2) is 11.9 Å². The third-order valence-corrected chi connectivity index (χ3v) is 14.2. The average Bonchev–Trinajstić information content (AvgIpc) is 3.61. The molecule has 6 fully saturated rings. The Morgan fingerprint density at radius 3 is 2.27 bits per heavy atom. The number of fused-ring (bicyclic) bond motifs is 1. The predicted octanol–water partition coefficient (Wildman–Crippen LogP) is 8.83. The number of aliphatic imine (C=N–C) groups is 1. The Labute approximate surface area is 296 Å².